The van der Waals surface area contributed by atoms with Gasteiger partial charge in [0.05, 0.1) is 6.61 Å². The average molecular weight is 276 g/mol. The number of aliphatic carboxylic acids is 1. The van der Waals surface area contributed by atoms with E-state index < -0.39 is 18.0 Å². The smallest absolute Gasteiger partial charge is 0.328 e. The number of carbonyl (C=O) groups is 2. The molecule has 0 aromatic rings. The molecule has 1 aliphatic heterocycles. The Kier molecular flexibility index (Phi) is 6.89. The fourth-order valence-corrected chi connectivity index (χ4v) is 2.94. The lowest BCUT2D eigenvalue weighted by Crippen LogP contribution is -2.49. The average Bonchev–Trinajstić information content (AvgIpc) is 2.37. The first-order valence-electron chi connectivity index (χ1n) is 5.97. The van der Waals surface area contributed by atoms with Gasteiger partial charge in [-0.3, -0.25) is 0 Å². The minimum atomic E-state index is -1.10. The number of carboxylic acids is 1. The van der Waals surface area contributed by atoms with Gasteiger partial charge in [0.2, 0.25) is 0 Å². The van der Waals surface area contributed by atoms with Crippen molar-refractivity contribution in [3.8, 4) is 0 Å². The Morgan fingerprint density at radius 2 is 2.11 bits per heavy atom. The van der Waals surface area contributed by atoms with Crippen molar-refractivity contribution >= 4 is 23.8 Å². The topological polar surface area (TPSA) is 87.7 Å². The second kappa shape index (κ2) is 8.20. The lowest BCUT2D eigenvalue weighted by Gasteiger charge is -2.22. The van der Waals surface area contributed by atoms with Crippen LogP contribution in [-0.4, -0.2) is 54.9 Å². The minimum Gasteiger partial charge on any atom is -0.480 e. The molecule has 0 spiro atoms. The Morgan fingerprint density at radius 1 is 1.44 bits per heavy atom. The maximum Gasteiger partial charge on any atom is 0.328 e. The summed E-state index contributed by atoms with van der Waals surface area (Å²) in [4.78, 5) is 22.3. The van der Waals surface area contributed by atoms with Gasteiger partial charge in [0.25, 0.3) is 0 Å². The predicted octanol–water partition coefficient (Wildman–Crippen LogP) is 0.528. The molecule has 0 aliphatic carbocycles. The van der Waals surface area contributed by atoms with E-state index >= 15 is 0 Å². The van der Waals surface area contributed by atoms with Crippen molar-refractivity contribution in [2.24, 2.45) is 5.92 Å². The van der Waals surface area contributed by atoms with E-state index in [2.05, 4.69) is 10.6 Å². The monoisotopic (exact) mass is 276 g/mol. The van der Waals surface area contributed by atoms with Gasteiger partial charge >= 0.3 is 12.0 Å². The molecule has 7 heteroatoms. The highest BCUT2D eigenvalue weighted by Gasteiger charge is 2.20. The summed E-state index contributed by atoms with van der Waals surface area (Å²) in [5.74, 6) is 1.67. The Hall–Kier alpha value is -0.950. The lowest BCUT2D eigenvalue weighted by atomic mass is 10.0. The molecule has 1 aliphatic rings. The summed E-state index contributed by atoms with van der Waals surface area (Å²) in [5.41, 5.74) is 0. The number of amides is 2. The van der Waals surface area contributed by atoms with Crippen LogP contribution in [0.5, 0.6) is 0 Å². The fraction of sp³-hybridized carbons (Fsp3) is 0.818. The molecule has 0 saturated carbocycles. The van der Waals surface area contributed by atoms with E-state index in [-0.39, 0.29) is 6.61 Å². The molecule has 1 atom stereocenters. The highest BCUT2D eigenvalue weighted by molar-refractivity contribution is 7.99. The third kappa shape index (κ3) is 5.59. The van der Waals surface area contributed by atoms with Gasteiger partial charge in [0.1, 0.15) is 0 Å². The summed E-state index contributed by atoms with van der Waals surface area (Å²) in [6.07, 6.45) is 2.21. The second-order valence-electron chi connectivity index (χ2n) is 4.26. The molecule has 18 heavy (non-hydrogen) atoms. The summed E-state index contributed by atoms with van der Waals surface area (Å²) in [5, 5.41) is 13.9. The number of thioether (sulfide) groups is 1. The molecule has 0 aromatic heterocycles. The van der Waals surface area contributed by atoms with Gasteiger partial charge < -0.3 is 20.5 Å². The Bertz CT molecular complexity index is 282. The summed E-state index contributed by atoms with van der Waals surface area (Å²) in [7, 11) is 1.40. The predicted molar refractivity (Wildman–Crippen MR) is 69.9 cm³/mol. The molecule has 1 saturated heterocycles. The minimum absolute atomic E-state index is 0.0389. The van der Waals surface area contributed by atoms with Gasteiger partial charge in [-0.05, 0) is 30.3 Å². The SMILES string of the molecule is COCC(NC(=O)NCC1CCSCC1)C(=O)O. The Labute approximate surface area is 111 Å². The summed E-state index contributed by atoms with van der Waals surface area (Å²) < 4.78 is 4.73. The maximum atomic E-state index is 11.5. The quantitative estimate of drug-likeness (QED) is 0.658. The van der Waals surface area contributed by atoms with Gasteiger partial charge in [-0.2, -0.15) is 11.8 Å². The molecular weight excluding hydrogens is 256 g/mol. The zero-order chi connectivity index (χ0) is 13.4. The van der Waals surface area contributed by atoms with Crippen molar-refractivity contribution in [2.45, 2.75) is 18.9 Å². The Balaban J connectivity index is 2.24. The molecule has 1 fully saturated rings. The molecule has 6 nitrogen and oxygen atoms in total. The van der Waals surface area contributed by atoms with Gasteiger partial charge in [0.15, 0.2) is 6.04 Å². The van der Waals surface area contributed by atoms with Crippen LogP contribution in [0.1, 0.15) is 12.8 Å². The van der Waals surface area contributed by atoms with E-state index in [0.717, 1.165) is 24.3 Å². The van der Waals surface area contributed by atoms with E-state index in [1.807, 2.05) is 11.8 Å². The third-order valence-electron chi connectivity index (χ3n) is 2.83. The van der Waals surface area contributed by atoms with E-state index in [9.17, 15) is 9.59 Å². The molecule has 0 bridgehead atoms. The number of urea groups is 1. The first kappa shape index (κ1) is 15.1. The molecule has 1 rings (SSSR count). The highest BCUT2D eigenvalue weighted by Crippen LogP contribution is 2.21. The highest BCUT2D eigenvalue weighted by atomic mass is 32.2. The van der Waals surface area contributed by atoms with E-state index in [1.54, 1.807) is 0 Å². The number of ether oxygens (including phenoxy) is 1. The molecular formula is C11H20N2O4S. The number of hydrogen-bond donors (Lipinski definition) is 3. The van der Waals surface area contributed by atoms with Gasteiger partial charge in [0, 0.05) is 13.7 Å². The Morgan fingerprint density at radius 3 is 2.67 bits per heavy atom. The van der Waals surface area contributed by atoms with Crippen molar-refractivity contribution in [1.29, 1.82) is 0 Å². The van der Waals surface area contributed by atoms with Crippen LogP contribution in [0, 0.1) is 5.92 Å². The van der Waals surface area contributed by atoms with Crippen molar-refractivity contribution in [3.05, 3.63) is 0 Å². The van der Waals surface area contributed by atoms with Crippen LogP contribution in [0.25, 0.3) is 0 Å². The van der Waals surface area contributed by atoms with Crippen LogP contribution < -0.4 is 10.6 Å². The summed E-state index contributed by atoms with van der Waals surface area (Å²) >= 11 is 1.93. The van der Waals surface area contributed by atoms with Crippen LogP contribution in [0.2, 0.25) is 0 Å². The third-order valence-corrected chi connectivity index (χ3v) is 3.88. The second-order valence-corrected chi connectivity index (χ2v) is 5.48. The van der Waals surface area contributed by atoms with Crippen molar-refractivity contribution in [1.82, 2.24) is 10.6 Å². The first-order valence-corrected chi connectivity index (χ1v) is 7.12. The van der Waals surface area contributed by atoms with E-state index in [0.29, 0.717) is 12.5 Å². The van der Waals surface area contributed by atoms with Crippen molar-refractivity contribution in [2.75, 3.05) is 31.8 Å². The summed E-state index contributed by atoms with van der Waals surface area (Å²) in [6.45, 7) is 0.564. The van der Waals surface area contributed by atoms with Crippen molar-refractivity contribution < 1.29 is 19.4 Å². The van der Waals surface area contributed by atoms with Gasteiger partial charge in [-0.1, -0.05) is 0 Å². The zero-order valence-corrected chi connectivity index (χ0v) is 11.3. The first-order chi connectivity index (χ1) is 8.63. The van der Waals surface area contributed by atoms with E-state index in [4.69, 9.17) is 9.84 Å². The lowest BCUT2D eigenvalue weighted by molar-refractivity contribution is -0.140. The molecule has 2 amide bonds. The normalized spacial score (nSPS) is 18.1. The molecule has 104 valence electrons. The van der Waals surface area contributed by atoms with Crippen LogP contribution in [0.15, 0.2) is 0 Å². The molecule has 0 radical (unpaired) electrons. The molecule has 0 aromatic carbocycles. The molecule has 1 heterocycles. The standard InChI is InChI=1S/C11H20N2O4S/c1-17-7-9(10(14)15)13-11(16)12-6-8-2-4-18-5-3-8/h8-9H,2-7H2,1H3,(H,14,15)(H2,12,13,16). The number of nitrogens with one attached hydrogen (secondary N) is 2. The van der Waals surface area contributed by atoms with Crippen LogP contribution in [0.4, 0.5) is 4.79 Å². The van der Waals surface area contributed by atoms with Gasteiger partial charge in [-0.15, -0.1) is 0 Å². The van der Waals surface area contributed by atoms with E-state index in [1.165, 1.54) is 7.11 Å². The molecule has 3 N–H and O–H groups in total. The number of carboxylic acid groups (broad SMARTS) is 1. The molecule has 1 unspecified atom stereocenters. The fourth-order valence-electron chi connectivity index (χ4n) is 1.74. The maximum absolute atomic E-state index is 11.5. The number of methoxy groups -OCH3 is 1. The number of hydrogen-bond acceptors (Lipinski definition) is 4. The summed E-state index contributed by atoms with van der Waals surface area (Å²) in [6, 6.07) is -1.45. The van der Waals surface area contributed by atoms with Gasteiger partial charge in [-0.25, -0.2) is 9.59 Å². The number of rotatable bonds is 6. The van der Waals surface area contributed by atoms with Crippen LogP contribution in [-0.2, 0) is 9.53 Å². The van der Waals surface area contributed by atoms with Crippen molar-refractivity contribution in [3.63, 3.8) is 0 Å². The van der Waals surface area contributed by atoms with Crippen LogP contribution >= 0.6 is 11.8 Å². The largest absolute Gasteiger partial charge is 0.480 e. The van der Waals surface area contributed by atoms with Crippen LogP contribution in [0.3, 0.4) is 0 Å². The number of carbonyl (C=O) groups excluding carboxylic acids is 1. The zero-order valence-electron chi connectivity index (χ0n) is 10.5.